The van der Waals surface area contributed by atoms with Gasteiger partial charge in [-0.25, -0.2) is 12.8 Å². The third-order valence-corrected chi connectivity index (χ3v) is 11.3. The average molecular weight is 583 g/mol. The van der Waals surface area contributed by atoms with E-state index >= 15 is 0 Å². The number of fused-ring (bicyclic) bond motifs is 3. The number of carbonyl (C=O) groups excluding carboxylic acids is 2. The number of likely N-dealkylation sites (tertiary alicyclic amines) is 1. The third-order valence-electron chi connectivity index (χ3n) is 8.45. The molecule has 2 saturated heterocycles. The summed E-state index contributed by atoms with van der Waals surface area (Å²) in [6.45, 7) is 0.475. The van der Waals surface area contributed by atoms with Gasteiger partial charge in [-0.15, -0.1) is 0 Å². The molecule has 2 amide bonds. The maximum absolute atomic E-state index is 14.5. The van der Waals surface area contributed by atoms with Crippen LogP contribution in [0.25, 0.3) is 0 Å². The molecule has 7 nitrogen and oxygen atoms in total. The van der Waals surface area contributed by atoms with Gasteiger partial charge in [0.05, 0.1) is 21.9 Å². The predicted molar refractivity (Wildman–Crippen MR) is 147 cm³/mol. The van der Waals surface area contributed by atoms with E-state index in [2.05, 4.69) is 5.32 Å². The molecular weight excluding hydrogens is 555 g/mol. The van der Waals surface area contributed by atoms with Crippen LogP contribution in [0, 0.1) is 11.7 Å². The number of nitrogens with one attached hydrogen (secondary N) is 1. The zero-order chi connectivity index (χ0) is 28.1. The SMILES string of the molecule is O=C1CC(C(=O)N2CC[C@@]3(S(=O)(=O)c4ccccc4)c4ccc(OCc5c(F)cccc5Cl)cc4CC[C@@H]23)CN1. The summed E-state index contributed by atoms with van der Waals surface area (Å²) < 4.78 is 47.8. The molecule has 2 aliphatic heterocycles. The molecule has 0 bridgehead atoms. The Labute approximate surface area is 237 Å². The van der Waals surface area contributed by atoms with Crippen molar-refractivity contribution in [1.29, 1.82) is 0 Å². The molecule has 3 aromatic rings. The van der Waals surface area contributed by atoms with Crippen molar-refractivity contribution in [2.24, 2.45) is 5.92 Å². The molecule has 0 saturated carbocycles. The summed E-state index contributed by atoms with van der Waals surface area (Å²) in [6.07, 6.45) is 1.34. The maximum atomic E-state index is 14.5. The molecule has 1 unspecified atom stereocenters. The van der Waals surface area contributed by atoms with Crippen LogP contribution in [-0.4, -0.2) is 44.3 Å². The molecule has 3 atom stereocenters. The smallest absolute Gasteiger partial charge is 0.228 e. The Kier molecular flexibility index (Phi) is 6.82. The van der Waals surface area contributed by atoms with Crippen molar-refractivity contribution in [3.8, 4) is 5.75 Å². The van der Waals surface area contributed by atoms with E-state index in [9.17, 15) is 22.4 Å². The zero-order valence-electron chi connectivity index (χ0n) is 21.6. The highest BCUT2D eigenvalue weighted by Crippen LogP contribution is 2.53. The molecule has 0 spiro atoms. The Morgan fingerprint density at radius 3 is 2.65 bits per heavy atom. The molecule has 3 aliphatic rings. The van der Waals surface area contributed by atoms with Crippen LogP contribution in [0.4, 0.5) is 4.39 Å². The van der Waals surface area contributed by atoms with Crippen LogP contribution in [0.2, 0.25) is 5.02 Å². The third kappa shape index (κ3) is 4.27. The number of hydrogen-bond donors (Lipinski definition) is 1. The molecule has 2 fully saturated rings. The Hall–Kier alpha value is -3.43. The largest absolute Gasteiger partial charge is 0.489 e. The number of rotatable bonds is 6. The van der Waals surface area contributed by atoms with Crippen molar-refractivity contribution in [3.05, 3.63) is 94.3 Å². The minimum absolute atomic E-state index is 0.0726. The van der Waals surface area contributed by atoms with Crippen molar-refractivity contribution in [3.63, 3.8) is 0 Å². The Morgan fingerprint density at radius 1 is 1.12 bits per heavy atom. The molecule has 1 N–H and O–H groups in total. The Morgan fingerprint density at radius 2 is 1.93 bits per heavy atom. The normalized spacial score (nSPS) is 23.9. The van der Waals surface area contributed by atoms with E-state index in [4.69, 9.17) is 16.3 Å². The number of amides is 2. The van der Waals surface area contributed by atoms with E-state index in [1.54, 1.807) is 53.4 Å². The summed E-state index contributed by atoms with van der Waals surface area (Å²) in [6, 6.07) is 17.5. The van der Waals surface area contributed by atoms with Crippen molar-refractivity contribution in [1.82, 2.24) is 10.2 Å². The van der Waals surface area contributed by atoms with Gasteiger partial charge in [0.2, 0.25) is 11.8 Å². The minimum Gasteiger partial charge on any atom is -0.489 e. The molecule has 0 radical (unpaired) electrons. The molecule has 3 aromatic carbocycles. The first kappa shape index (κ1) is 26.8. The van der Waals surface area contributed by atoms with Crippen LogP contribution in [-0.2, 0) is 37.2 Å². The molecule has 1 aliphatic carbocycles. The topological polar surface area (TPSA) is 92.8 Å². The molecule has 2 heterocycles. The number of halogens is 2. The van der Waals surface area contributed by atoms with Gasteiger partial charge in [0.15, 0.2) is 9.84 Å². The number of ether oxygens (including phenoxy) is 1. The molecule has 6 rings (SSSR count). The molecule has 0 aromatic heterocycles. The highest BCUT2D eigenvalue weighted by molar-refractivity contribution is 7.92. The van der Waals surface area contributed by atoms with Crippen LogP contribution in [0.15, 0.2) is 71.6 Å². The lowest BCUT2D eigenvalue weighted by atomic mass is 9.78. The fourth-order valence-corrected chi connectivity index (χ4v) is 9.11. The zero-order valence-corrected chi connectivity index (χ0v) is 23.2. The van der Waals surface area contributed by atoms with Gasteiger partial charge in [0, 0.05) is 25.1 Å². The Balaban J connectivity index is 1.38. The summed E-state index contributed by atoms with van der Waals surface area (Å²) >= 11 is 6.15. The maximum Gasteiger partial charge on any atom is 0.228 e. The molecule has 208 valence electrons. The van der Waals surface area contributed by atoms with Gasteiger partial charge >= 0.3 is 0 Å². The summed E-state index contributed by atoms with van der Waals surface area (Å²) in [5.41, 5.74) is 1.72. The van der Waals surface area contributed by atoms with Crippen LogP contribution in [0.5, 0.6) is 5.75 Å². The van der Waals surface area contributed by atoms with E-state index in [0.29, 0.717) is 24.2 Å². The second-order valence-corrected chi connectivity index (χ2v) is 13.2. The van der Waals surface area contributed by atoms with Gasteiger partial charge in [-0.3, -0.25) is 9.59 Å². The second-order valence-electron chi connectivity index (χ2n) is 10.6. The van der Waals surface area contributed by atoms with E-state index in [1.165, 1.54) is 12.1 Å². The highest BCUT2D eigenvalue weighted by Gasteiger charge is 2.61. The van der Waals surface area contributed by atoms with E-state index in [1.807, 2.05) is 6.07 Å². The summed E-state index contributed by atoms with van der Waals surface area (Å²) in [4.78, 5) is 27.3. The Bertz CT molecular complexity index is 1580. The number of aryl methyl sites for hydroxylation is 1. The van der Waals surface area contributed by atoms with Gasteiger partial charge in [-0.1, -0.05) is 41.9 Å². The second kappa shape index (κ2) is 10.2. The fraction of sp³-hybridized carbons (Fsp3) is 0.333. The first-order valence-corrected chi connectivity index (χ1v) is 15.1. The van der Waals surface area contributed by atoms with Gasteiger partial charge in [0.25, 0.3) is 0 Å². The molecule has 10 heteroatoms. The molecule has 40 heavy (non-hydrogen) atoms. The van der Waals surface area contributed by atoms with Gasteiger partial charge in [-0.2, -0.15) is 0 Å². The van der Waals surface area contributed by atoms with Crippen molar-refractivity contribution < 1.29 is 27.1 Å². The van der Waals surface area contributed by atoms with E-state index in [0.717, 1.165) is 5.56 Å². The van der Waals surface area contributed by atoms with Crippen LogP contribution in [0.3, 0.4) is 0 Å². The monoisotopic (exact) mass is 582 g/mol. The van der Waals surface area contributed by atoms with E-state index in [-0.39, 0.29) is 59.8 Å². The van der Waals surface area contributed by atoms with Crippen molar-refractivity contribution in [2.75, 3.05) is 13.1 Å². The highest BCUT2D eigenvalue weighted by atomic mass is 35.5. The lowest BCUT2D eigenvalue weighted by Gasteiger charge is -2.43. The number of nitrogens with zero attached hydrogens (tertiary/aromatic N) is 1. The first-order valence-electron chi connectivity index (χ1n) is 13.3. The average Bonchev–Trinajstić information content (AvgIpc) is 3.57. The number of carbonyl (C=O) groups is 2. The summed E-state index contributed by atoms with van der Waals surface area (Å²) in [7, 11) is -3.94. The summed E-state index contributed by atoms with van der Waals surface area (Å²) in [5, 5.41) is 2.98. The van der Waals surface area contributed by atoms with Crippen LogP contribution < -0.4 is 10.1 Å². The van der Waals surface area contributed by atoms with Gasteiger partial charge in [0.1, 0.15) is 22.9 Å². The predicted octanol–water partition coefficient (Wildman–Crippen LogP) is 4.41. The lowest BCUT2D eigenvalue weighted by Crippen LogP contribution is -2.53. The molecular formula is C30H28ClFN2O5S. The first-order chi connectivity index (χ1) is 19.2. The van der Waals surface area contributed by atoms with Crippen molar-refractivity contribution in [2.45, 2.75) is 48.0 Å². The van der Waals surface area contributed by atoms with Crippen LogP contribution >= 0.6 is 11.6 Å². The van der Waals surface area contributed by atoms with Gasteiger partial charge in [-0.05, 0) is 66.8 Å². The van der Waals surface area contributed by atoms with E-state index < -0.39 is 32.4 Å². The number of benzene rings is 3. The minimum atomic E-state index is -3.94. The quantitative estimate of drug-likeness (QED) is 0.465. The van der Waals surface area contributed by atoms with Crippen LogP contribution in [0.1, 0.15) is 36.0 Å². The number of hydrogen-bond acceptors (Lipinski definition) is 5. The number of sulfone groups is 1. The summed E-state index contributed by atoms with van der Waals surface area (Å²) in [5.74, 6) is -0.830. The fourth-order valence-electron chi connectivity index (χ4n) is 6.51. The lowest BCUT2D eigenvalue weighted by molar-refractivity contribution is -0.137. The van der Waals surface area contributed by atoms with Crippen molar-refractivity contribution >= 4 is 33.3 Å². The standard InChI is InChI=1S/C30H28ClFN2O5S/c31-25-7-4-8-26(32)23(25)18-39-21-10-11-24-19(15-21)9-12-27-30(24,40(37,38)22-5-2-1-3-6-22)13-14-34(27)29(36)20-16-28(35)33-17-20/h1-8,10-11,15,20,27H,9,12-14,16-18H2,(H,33,35)/t20?,27-,30-/m1/s1. The van der Waals surface area contributed by atoms with Gasteiger partial charge < -0.3 is 15.0 Å².